The van der Waals surface area contributed by atoms with Crippen LogP contribution in [0.5, 0.6) is 0 Å². The molecule has 2 rings (SSSR count). The van der Waals surface area contributed by atoms with E-state index in [1.54, 1.807) is 6.07 Å². The second kappa shape index (κ2) is 8.37. The highest BCUT2D eigenvalue weighted by Gasteiger charge is 2.16. The molecule has 0 aliphatic heterocycles. The molecule has 112 valence electrons. The lowest BCUT2D eigenvalue weighted by Crippen LogP contribution is -2.39. The van der Waals surface area contributed by atoms with Crippen molar-refractivity contribution in [3.05, 3.63) is 34.1 Å². The number of nitrogens with one attached hydrogen (secondary N) is 1. The first kappa shape index (κ1) is 16.3. The zero-order valence-corrected chi connectivity index (χ0v) is 14.0. The highest BCUT2D eigenvalue weighted by atomic mass is 79.9. The van der Waals surface area contributed by atoms with Gasteiger partial charge in [-0.25, -0.2) is 4.39 Å². The van der Waals surface area contributed by atoms with Gasteiger partial charge in [0.25, 0.3) is 0 Å². The van der Waals surface area contributed by atoms with E-state index in [1.165, 1.54) is 38.2 Å². The first-order valence-corrected chi connectivity index (χ1v) is 9.04. The van der Waals surface area contributed by atoms with Crippen LogP contribution in [0.3, 0.4) is 0 Å². The minimum Gasteiger partial charge on any atom is -0.271 e. The molecule has 1 fully saturated rings. The third kappa shape index (κ3) is 5.35. The molecule has 1 unspecified atom stereocenters. The Hall–Kier alpha value is -0.100. The van der Waals surface area contributed by atoms with E-state index in [0.29, 0.717) is 0 Å². The lowest BCUT2D eigenvalue weighted by Gasteiger charge is -2.23. The molecule has 0 spiro atoms. The molecule has 0 amide bonds. The number of benzene rings is 1. The second-order valence-electron chi connectivity index (χ2n) is 5.44. The van der Waals surface area contributed by atoms with E-state index in [4.69, 9.17) is 5.84 Å². The molecular formula is C15H22BrFN2S. The van der Waals surface area contributed by atoms with Crippen LogP contribution in [0.4, 0.5) is 4.39 Å². The highest BCUT2D eigenvalue weighted by molar-refractivity contribution is 9.10. The number of nitrogens with two attached hydrogens (primary N) is 1. The summed E-state index contributed by atoms with van der Waals surface area (Å²) in [5, 5.41) is 0.777. The van der Waals surface area contributed by atoms with E-state index in [2.05, 4.69) is 21.4 Å². The lowest BCUT2D eigenvalue weighted by atomic mass is 10.0. The van der Waals surface area contributed by atoms with Crippen LogP contribution in [0.2, 0.25) is 0 Å². The summed E-state index contributed by atoms with van der Waals surface area (Å²) in [6.07, 6.45) is 7.50. The van der Waals surface area contributed by atoms with Gasteiger partial charge in [0.15, 0.2) is 0 Å². The van der Waals surface area contributed by atoms with Gasteiger partial charge in [-0.2, -0.15) is 11.8 Å². The van der Waals surface area contributed by atoms with E-state index in [0.717, 1.165) is 27.5 Å². The molecule has 3 N–H and O–H groups in total. The first-order valence-electron chi connectivity index (χ1n) is 7.20. The van der Waals surface area contributed by atoms with Gasteiger partial charge in [0.05, 0.1) is 0 Å². The van der Waals surface area contributed by atoms with Crippen LogP contribution in [0, 0.1) is 5.82 Å². The fourth-order valence-electron chi connectivity index (χ4n) is 2.66. The molecule has 2 nitrogen and oxygen atoms in total. The van der Waals surface area contributed by atoms with E-state index in [9.17, 15) is 4.39 Å². The molecule has 0 saturated heterocycles. The SMILES string of the molecule is NNC(CSC1CCCCC1)Cc1cc(F)cc(Br)c1. The van der Waals surface area contributed by atoms with Crippen LogP contribution < -0.4 is 11.3 Å². The van der Waals surface area contributed by atoms with Crippen molar-refractivity contribution in [3.8, 4) is 0 Å². The van der Waals surface area contributed by atoms with Crippen molar-refractivity contribution in [1.82, 2.24) is 5.43 Å². The summed E-state index contributed by atoms with van der Waals surface area (Å²) in [7, 11) is 0. The summed E-state index contributed by atoms with van der Waals surface area (Å²) in [4.78, 5) is 0. The Bertz CT molecular complexity index is 404. The van der Waals surface area contributed by atoms with Crippen molar-refractivity contribution in [2.45, 2.75) is 49.8 Å². The van der Waals surface area contributed by atoms with Gasteiger partial charge in [-0.15, -0.1) is 0 Å². The summed E-state index contributed by atoms with van der Waals surface area (Å²) < 4.78 is 14.2. The maximum Gasteiger partial charge on any atom is 0.124 e. The Morgan fingerprint density at radius 1 is 1.30 bits per heavy atom. The van der Waals surface area contributed by atoms with E-state index < -0.39 is 0 Å². The first-order chi connectivity index (χ1) is 9.67. The molecule has 0 bridgehead atoms. The molecular weight excluding hydrogens is 339 g/mol. The zero-order chi connectivity index (χ0) is 14.4. The fraction of sp³-hybridized carbons (Fsp3) is 0.600. The van der Waals surface area contributed by atoms with Crippen LogP contribution in [-0.2, 0) is 6.42 Å². The standard InChI is InChI=1S/C15H22BrFN2S/c16-12-6-11(7-13(17)9-12)8-14(19-18)10-20-15-4-2-1-3-5-15/h6-7,9,14-15,19H,1-5,8,10,18H2. The van der Waals surface area contributed by atoms with Crippen LogP contribution in [-0.4, -0.2) is 17.0 Å². The van der Waals surface area contributed by atoms with Gasteiger partial charge in [0, 0.05) is 21.5 Å². The average Bonchev–Trinajstić information content (AvgIpc) is 2.43. The minimum absolute atomic E-state index is 0.190. The van der Waals surface area contributed by atoms with Crippen LogP contribution in [0.1, 0.15) is 37.7 Å². The van der Waals surface area contributed by atoms with Crippen molar-refractivity contribution in [2.75, 3.05) is 5.75 Å². The maximum atomic E-state index is 13.4. The highest BCUT2D eigenvalue weighted by Crippen LogP contribution is 2.29. The Morgan fingerprint density at radius 2 is 2.05 bits per heavy atom. The summed E-state index contributed by atoms with van der Waals surface area (Å²) in [6, 6.07) is 5.21. The largest absolute Gasteiger partial charge is 0.271 e. The van der Waals surface area contributed by atoms with Crippen molar-refractivity contribution >= 4 is 27.7 Å². The van der Waals surface area contributed by atoms with Gasteiger partial charge in [-0.1, -0.05) is 35.2 Å². The molecule has 20 heavy (non-hydrogen) atoms. The molecule has 1 aromatic carbocycles. The molecule has 1 aromatic rings. The Labute approximate surface area is 133 Å². The van der Waals surface area contributed by atoms with Gasteiger partial charge in [-0.3, -0.25) is 11.3 Å². The summed E-state index contributed by atoms with van der Waals surface area (Å²) in [5.74, 6) is 6.42. The summed E-state index contributed by atoms with van der Waals surface area (Å²) in [6.45, 7) is 0. The monoisotopic (exact) mass is 360 g/mol. The average molecular weight is 361 g/mol. The molecule has 1 aliphatic rings. The predicted molar refractivity (Wildman–Crippen MR) is 88.2 cm³/mol. The Morgan fingerprint density at radius 3 is 2.70 bits per heavy atom. The summed E-state index contributed by atoms with van der Waals surface area (Å²) >= 11 is 5.34. The van der Waals surface area contributed by atoms with Crippen LogP contribution in [0.15, 0.2) is 22.7 Å². The van der Waals surface area contributed by atoms with Crippen molar-refractivity contribution in [2.24, 2.45) is 5.84 Å². The molecule has 1 saturated carbocycles. The van der Waals surface area contributed by atoms with E-state index >= 15 is 0 Å². The van der Waals surface area contributed by atoms with Crippen LogP contribution in [0.25, 0.3) is 0 Å². The van der Waals surface area contributed by atoms with Gasteiger partial charge >= 0.3 is 0 Å². The molecule has 0 radical (unpaired) electrons. The van der Waals surface area contributed by atoms with Gasteiger partial charge in [-0.05, 0) is 43.0 Å². The topological polar surface area (TPSA) is 38.0 Å². The van der Waals surface area contributed by atoms with Crippen LogP contribution >= 0.6 is 27.7 Å². The second-order valence-corrected chi connectivity index (χ2v) is 7.69. The van der Waals surface area contributed by atoms with Gasteiger partial charge in [0.2, 0.25) is 0 Å². The van der Waals surface area contributed by atoms with Crippen molar-refractivity contribution in [3.63, 3.8) is 0 Å². The minimum atomic E-state index is -0.204. The molecule has 0 heterocycles. The molecule has 5 heteroatoms. The number of hydrogen-bond donors (Lipinski definition) is 2. The maximum absolute atomic E-state index is 13.4. The number of halogens is 2. The van der Waals surface area contributed by atoms with E-state index in [-0.39, 0.29) is 11.9 Å². The third-order valence-electron chi connectivity index (χ3n) is 3.73. The van der Waals surface area contributed by atoms with Gasteiger partial charge < -0.3 is 0 Å². The lowest BCUT2D eigenvalue weighted by molar-refractivity contribution is 0.513. The smallest absolute Gasteiger partial charge is 0.124 e. The molecule has 1 aliphatic carbocycles. The normalized spacial score (nSPS) is 18.1. The molecule has 0 aromatic heterocycles. The van der Waals surface area contributed by atoms with E-state index in [1.807, 2.05) is 17.8 Å². The fourth-order valence-corrected chi connectivity index (χ4v) is 4.56. The van der Waals surface area contributed by atoms with Gasteiger partial charge in [0.1, 0.15) is 5.82 Å². The quantitative estimate of drug-likeness (QED) is 0.594. The third-order valence-corrected chi connectivity index (χ3v) is 5.72. The number of hydrogen-bond acceptors (Lipinski definition) is 3. The molecule has 1 atom stereocenters. The number of rotatable bonds is 6. The number of hydrazine groups is 1. The van der Waals surface area contributed by atoms with Crippen molar-refractivity contribution in [1.29, 1.82) is 0 Å². The Balaban J connectivity index is 1.84. The zero-order valence-electron chi connectivity index (χ0n) is 11.6. The Kier molecular flexibility index (Phi) is 6.81. The number of thioether (sulfide) groups is 1. The van der Waals surface area contributed by atoms with Crippen molar-refractivity contribution < 1.29 is 4.39 Å². The predicted octanol–water partition coefficient (Wildman–Crippen LogP) is 4.03. The summed E-state index contributed by atoms with van der Waals surface area (Å²) in [5.41, 5.74) is 3.85.